The summed E-state index contributed by atoms with van der Waals surface area (Å²) in [4.78, 5) is 29.3. The van der Waals surface area contributed by atoms with E-state index >= 15 is 0 Å². The average Bonchev–Trinajstić information content (AvgIpc) is 3.11. The van der Waals surface area contributed by atoms with Gasteiger partial charge in [0.25, 0.3) is 0 Å². The number of para-hydroxylation sites is 1. The van der Waals surface area contributed by atoms with Crippen LogP contribution in [0, 0.1) is 13.8 Å². The van der Waals surface area contributed by atoms with E-state index in [4.69, 9.17) is 33.4 Å². The minimum absolute atomic E-state index is 0.224. The van der Waals surface area contributed by atoms with Gasteiger partial charge >= 0.3 is 6.09 Å². The SMILES string of the molecule is COc1ccc(OC(=O)N(c2ccnc(Nc3cc(OC)c(OCCN4CCN(C)CC4)c(OC)c3)n2)c2c(C)cccc2C)c(OC)c1. The van der Waals surface area contributed by atoms with E-state index in [0.717, 1.165) is 43.9 Å². The van der Waals surface area contributed by atoms with Crippen LogP contribution in [0.4, 0.5) is 27.9 Å². The maximum absolute atomic E-state index is 14.0. The van der Waals surface area contributed by atoms with Crippen molar-refractivity contribution in [3.8, 4) is 34.5 Å². The molecule has 1 saturated heterocycles. The number of aryl methyl sites for hydroxylation is 2. The maximum Gasteiger partial charge on any atom is 0.425 e. The molecule has 0 saturated carbocycles. The van der Waals surface area contributed by atoms with Gasteiger partial charge in [-0.1, -0.05) is 18.2 Å². The Morgan fingerprint density at radius 2 is 1.51 bits per heavy atom. The van der Waals surface area contributed by atoms with E-state index in [1.807, 2.05) is 32.0 Å². The summed E-state index contributed by atoms with van der Waals surface area (Å²) in [5.74, 6) is 3.14. The molecule has 4 aromatic rings. The lowest BCUT2D eigenvalue weighted by Gasteiger charge is -2.32. The molecule has 5 rings (SSSR count). The molecule has 0 unspecified atom stereocenters. The zero-order chi connectivity index (χ0) is 34.9. The van der Waals surface area contributed by atoms with E-state index < -0.39 is 6.09 Å². The van der Waals surface area contributed by atoms with Crippen LogP contribution >= 0.6 is 0 Å². The van der Waals surface area contributed by atoms with Crippen molar-refractivity contribution in [1.82, 2.24) is 19.8 Å². The minimum atomic E-state index is -0.688. The molecule has 2 heterocycles. The average molecular weight is 673 g/mol. The number of aromatic nitrogens is 2. The zero-order valence-electron chi connectivity index (χ0n) is 29.1. The van der Waals surface area contributed by atoms with Gasteiger partial charge in [-0.05, 0) is 44.2 Å². The fraction of sp³-hybridized carbons (Fsp3) is 0.361. The Morgan fingerprint density at radius 3 is 2.14 bits per heavy atom. The number of benzene rings is 3. The molecule has 49 heavy (non-hydrogen) atoms. The number of likely N-dealkylation sites (N-methyl/N-ethyl adjacent to an activating group) is 1. The number of hydrogen-bond acceptors (Lipinski definition) is 12. The quantitative estimate of drug-likeness (QED) is 0.184. The number of nitrogens with zero attached hydrogens (tertiary/aromatic N) is 5. The molecule has 1 N–H and O–H groups in total. The second-order valence-electron chi connectivity index (χ2n) is 11.5. The number of piperazine rings is 1. The summed E-state index contributed by atoms with van der Waals surface area (Å²) in [5.41, 5.74) is 2.93. The van der Waals surface area contributed by atoms with Crippen molar-refractivity contribution in [1.29, 1.82) is 0 Å². The normalized spacial score (nSPS) is 13.4. The number of hydrogen-bond donors (Lipinski definition) is 1. The molecular weight excluding hydrogens is 628 g/mol. The number of carbonyl (C=O) groups is 1. The second kappa shape index (κ2) is 16.2. The number of carbonyl (C=O) groups excluding carboxylic acids is 1. The Bertz CT molecular complexity index is 1700. The molecule has 13 nitrogen and oxygen atoms in total. The first-order chi connectivity index (χ1) is 23.7. The van der Waals surface area contributed by atoms with Gasteiger partial charge in [0.1, 0.15) is 18.2 Å². The van der Waals surface area contributed by atoms with E-state index in [-0.39, 0.29) is 17.5 Å². The molecular formula is C36H44N6O7. The van der Waals surface area contributed by atoms with E-state index in [1.165, 1.54) is 12.0 Å². The first-order valence-electron chi connectivity index (χ1n) is 15.9. The molecule has 1 aromatic heterocycles. The zero-order valence-corrected chi connectivity index (χ0v) is 29.1. The summed E-state index contributed by atoms with van der Waals surface area (Å²) in [5, 5.41) is 3.22. The van der Waals surface area contributed by atoms with Crippen LogP contribution in [0.5, 0.6) is 34.5 Å². The highest BCUT2D eigenvalue weighted by atomic mass is 16.6. The van der Waals surface area contributed by atoms with Crippen molar-refractivity contribution >= 4 is 29.2 Å². The number of nitrogens with one attached hydrogen (secondary N) is 1. The molecule has 0 spiro atoms. The molecule has 1 fully saturated rings. The van der Waals surface area contributed by atoms with Gasteiger partial charge in [-0.25, -0.2) is 14.7 Å². The van der Waals surface area contributed by atoms with Crippen molar-refractivity contribution in [2.45, 2.75) is 13.8 Å². The Morgan fingerprint density at radius 1 is 0.837 bits per heavy atom. The van der Waals surface area contributed by atoms with E-state index in [1.54, 1.807) is 63.9 Å². The summed E-state index contributed by atoms with van der Waals surface area (Å²) >= 11 is 0. The highest BCUT2D eigenvalue weighted by molar-refractivity contribution is 5.98. The lowest BCUT2D eigenvalue weighted by Crippen LogP contribution is -2.45. The number of amides is 1. The first-order valence-corrected chi connectivity index (χ1v) is 15.9. The summed E-state index contributed by atoms with van der Waals surface area (Å²) in [6.07, 6.45) is 0.878. The first kappa shape index (κ1) is 35.0. The van der Waals surface area contributed by atoms with Gasteiger partial charge in [0.2, 0.25) is 11.7 Å². The molecule has 3 aromatic carbocycles. The van der Waals surface area contributed by atoms with Crippen LogP contribution in [0.25, 0.3) is 0 Å². The molecule has 1 aliphatic heterocycles. The maximum atomic E-state index is 14.0. The molecule has 260 valence electrons. The summed E-state index contributed by atoms with van der Waals surface area (Å²) in [6.45, 7) is 9.21. The van der Waals surface area contributed by atoms with Crippen LogP contribution in [-0.2, 0) is 0 Å². The summed E-state index contributed by atoms with van der Waals surface area (Å²) in [6, 6.07) is 15.9. The fourth-order valence-corrected chi connectivity index (χ4v) is 5.56. The molecule has 0 radical (unpaired) electrons. The van der Waals surface area contributed by atoms with Crippen molar-refractivity contribution in [3.63, 3.8) is 0 Å². The lowest BCUT2D eigenvalue weighted by molar-refractivity contribution is 0.131. The topological polar surface area (TPSA) is 120 Å². The predicted molar refractivity (Wildman–Crippen MR) is 188 cm³/mol. The predicted octanol–water partition coefficient (Wildman–Crippen LogP) is 5.83. The van der Waals surface area contributed by atoms with E-state index in [2.05, 4.69) is 27.1 Å². The summed E-state index contributed by atoms with van der Waals surface area (Å²) in [7, 11) is 8.34. The highest BCUT2D eigenvalue weighted by Gasteiger charge is 2.27. The van der Waals surface area contributed by atoms with Crippen molar-refractivity contribution in [3.05, 3.63) is 71.9 Å². The van der Waals surface area contributed by atoms with Crippen molar-refractivity contribution < 1.29 is 33.2 Å². The van der Waals surface area contributed by atoms with E-state index in [0.29, 0.717) is 46.7 Å². The smallest absolute Gasteiger partial charge is 0.425 e. The third-order valence-electron chi connectivity index (χ3n) is 8.25. The number of methoxy groups -OCH3 is 4. The molecule has 0 bridgehead atoms. The van der Waals surface area contributed by atoms with Crippen LogP contribution in [0.15, 0.2) is 60.8 Å². The van der Waals surface area contributed by atoms with Gasteiger partial charge in [-0.3, -0.25) is 4.90 Å². The van der Waals surface area contributed by atoms with Gasteiger partial charge in [0.15, 0.2) is 23.0 Å². The Balaban J connectivity index is 1.41. The molecule has 1 aliphatic rings. The largest absolute Gasteiger partial charge is 0.497 e. The minimum Gasteiger partial charge on any atom is -0.497 e. The molecule has 13 heteroatoms. The van der Waals surface area contributed by atoms with Crippen LogP contribution < -0.4 is 38.6 Å². The Kier molecular flexibility index (Phi) is 11.6. The second-order valence-corrected chi connectivity index (χ2v) is 11.5. The van der Waals surface area contributed by atoms with Crippen molar-refractivity contribution in [2.75, 3.05) is 85.0 Å². The Labute approximate surface area is 287 Å². The van der Waals surface area contributed by atoms with Crippen LogP contribution in [-0.4, -0.2) is 101 Å². The Hall–Kier alpha value is -5.27. The van der Waals surface area contributed by atoms with E-state index in [9.17, 15) is 4.79 Å². The fourth-order valence-electron chi connectivity index (χ4n) is 5.56. The molecule has 1 amide bonds. The van der Waals surface area contributed by atoms with Gasteiger partial charge in [0.05, 0.1) is 34.1 Å². The monoisotopic (exact) mass is 672 g/mol. The molecule has 0 atom stereocenters. The lowest BCUT2D eigenvalue weighted by atomic mass is 10.1. The highest BCUT2D eigenvalue weighted by Crippen LogP contribution is 2.41. The number of ether oxygens (including phenoxy) is 6. The van der Waals surface area contributed by atoms with Gasteiger partial charge in [-0.15, -0.1) is 0 Å². The standard InChI is InChI=1S/C36H44N6O7/c1-24-9-8-10-25(2)33(24)42(36(43)49-28-12-11-27(44-4)23-29(28)45-5)32-13-14-37-35(39-32)38-26-21-30(46-6)34(31(22-26)47-7)48-20-19-41-17-15-40(3)16-18-41/h8-14,21-23H,15-20H2,1-7H3,(H,37,38,39). The number of rotatable bonds is 13. The summed E-state index contributed by atoms with van der Waals surface area (Å²) < 4.78 is 34.2. The number of anilines is 4. The van der Waals surface area contributed by atoms with Gasteiger partial charge < -0.3 is 38.6 Å². The van der Waals surface area contributed by atoms with Gasteiger partial charge in [0, 0.05) is 68.9 Å². The third-order valence-corrected chi connectivity index (χ3v) is 8.25. The molecule has 0 aliphatic carbocycles. The van der Waals surface area contributed by atoms with Crippen LogP contribution in [0.2, 0.25) is 0 Å². The third kappa shape index (κ3) is 8.42. The van der Waals surface area contributed by atoms with Crippen molar-refractivity contribution in [2.24, 2.45) is 0 Å². The van der Waals surface area contributed by atoms with Gasteiger partial charge in [-0.2, -0.15) is 4.98 Å². The van der Waals surface area contributed by atoms with Crippen LogP contribution in [0.1, 0.15) is 11.1 Å². The van der Waals surface area contributed by atoms with Crippen LogP contribution in [0.3, 0.4) is 0 Å².